The number of hydrogen-bond acceptors (Lipinski definition) is 1. The van der Waals surface area contributed by atoms with Crippen LogP contribution in [-0.2, 0) is 0 Å². The van der Waals surface area contributed by atoms with Gasteiger partial charge in [0.05, 0.1) is 16.8 Å². The fourth-order valence-electron chi connectivity index (χ4n) is 3.91. The molecule has 2 heterocycles. The van der Waals surface area contributed by atoms with Crippen molar-refractivity contribution in [2.24, 2.45) is 0 Å². The minimum atomic E-state index is 0.0710. The zero-order chi connectivity index (χ0) is 17.1. The van der Waals surface area contributed by atoms with Crippen LogP contribution >= 0.6 is 0 Å². The van der Waals surface area contributed by atoms with E-state index in [0.29, 0.717) is 0 Å². The largest absolute Gasteiger partial charge is 0.276 e. The lowest BCUT2D eigenvalue weighted by molar-refractivity contribution is 0.0989. The average Bonchev–Trinajstić information content (AvgIpc) is 3.10. The third-order valence-electron chi connectivity index (χ3n) is 5.17. The zero-order valence-electron chi connectivity index (χ0n) is 14.2. The van der Waals surface area contributed by atoms with Crippen LogP contribution in [-0.4, -0.2) is 10.5 Å². The highest BCUT2D eigenvalue weighted by atomic mass is 16.2. The van der Waals surface area contributed by atoms with Crippen molar-refractivity contribution in [3.63, 3.8) is 0 Å². The van der Waals surface area contributed by atoms with Crippen molar-refractivity contribution in [1.82, 2.24) is 4.57 Å². The van der Waals surface area contributed by atoms with Gasteiger partial charge < -0.3 is 0 Å². The van der Waals surface area contributed by atoms with Gasteiger partial charge >= 0.3 is 0 Å². The lowest BCUT2D eigenvalue weighted by Gasteiger charge is -2.07. The molecular formula is C23H17NO. The van der Waals surface area contributed by atoms with E-state index in [1.165, 1.54) is 10.9 Å². The fourth-order valence-corrected chi connectivity index (χ4v) is 3.91. The van der Waals surface area contributed by atoms with Crippen LogP contribution in [0.15, 0.2) is 66.7 Å². The van der Waals surface area contributed by atoms with E-state index in [1.807, 2.05) is 29.7 Å². The second kappa shape index (κ2) is 4.93. The average molecular weight is 323 g/mol. The van der Waals surface area contributed by atoms with Gasteiger partial charge in [-0.2, -0.15) is 0 Å². The molecule has 0 bridgehead atoms. The summed E-state index contributed by atoms with van der Waals surface area (Å²) in [7, 11) is 0. The van der Waals surface area contributed by atoms with Gasteiger partial charge in [0.2, 0.25) is 0 Å². The zero-order valence-corrected chi connectivity index (χ0v) is 14.2. The summed E-state index contributed by atoms with van der Waals surface area (Å²) in [6, 6.07) is 22.9. The smallest absolute Gasteiger partial charge is 0.263 e. The Hall–Kier alpha value is -3.13. The minimum Gasteiger partial charge on any atom is -0.276 e. The van der Waals surface area contributed by atoms with Gasteiger partial charge in [-0.05, 0) is 60.0 Å². The Labute approximate surface area is 146 Å². The van der Waals surface area contributed by atoms with Gasteiger partial charge in [0, 0.05) is 5.39 Å². The first-order chi connectivity index (χ1) is 12.1. The first-order valence-corrected chi connectivity index (χ1v) is 8.51. The number of aryl methyl sites for hydroxylation is 1. The highest BCUT2D eigenvalue weighted by Gasteiger charge is 2.30. The van der Waals surface area contributed by atoms with Crippen LogP contribution in [0, 0.1) is 6.92 Å². The first-order valence-electron chi connectivity index (χ1n) is 8.51. The summed E-state index contributed by atoms with van der Waals surface area (Å²) in [5.41, 5.74) is 6.05. The van der Waals surface area contributed by atoms with Crippen LogP contribution in [0.25, 0.3) is 32.8 Å². The van der Waals surface area contributed by atoms with Gasteiger partial charge in [-0.25, -0.2) is 0 Å². The molecule has 0 saturated heterocycles. The molecule has 4 aromatic rings. The van der Waals surface area contributed by atoms with E-state index >= 15 is 0 Å². The third kappa shape index (κ3) is 1.94. The minimum absolute atomic E-state index is 0.0710. The van der Waals surface area contributed by atoms with Crippen molar-refractivity contribution < 1.29 is 4.79 Å². The standard InChI is InChI=1S/C23H17NO/c1-14-7-10-20-19(11-14)13-21-15(2)22(23(25)24(20)21)18-9-8-16-5-3-4-6-17(16)12-18/h3-13H,1-2H3. The summed E-state index contributed by atoms with van der Waals surface area (Å²) in [6.07, 6.45) is 0. The van der Waals surface area contributed by atoms with Gasteiger partial charge in [0.25, 0.3) is 5.91 Å². The van der Waals surface area contributed by atoms with Crippen molar-refractivity contribution in [2.75, 3.05) is 0 Å². The highest BCUT2D eigenvalue weighted by molar-refractivity contribution is 6.33. The predicted molar refractivity (Wildman–Crippen MR) is 104 cm³/mol. The molecular weight excluding hydrogens is 306 g/mol. The predicted octanol–water partition coefficient (Wildman–Crippen LogP) is 5.69. The molecule has 0 N–H and O–H groups in total. The van der Waals surface area contributed by atoms with Crippen LogP contribution in [0.3, 0.4) is 0 Å². The molecule has 0 amide bonds. The topological polar surface area (TPSA) is 22.0 Å². The summed E-state index contributed by atoms with van der Waals surface area (Å²) in [5, 5.41) is 3.47. The second-order valence-electron chi connectivity index (χ2n) is 6.79. The summed E-state index contributed by atoms with van der Waals surface area (Å²) < 4.78 is 1.86. The maximum atomic E-state index is 13.2. The molecule has 5 rings (SSSR count). The molecule has 0 spiro atoms. The van der Waals surface area contributed by atoms with Crippen LogP contribution in [0.4, 0.5) is 0 Å². The van der Waals surface area contributed by atoms with Gasteiger partial charge in [0.1, 0.15) is 0 Å². The monoisotopic (exact) mass is 323 g/mol. The number of rotatable bonds is 1. The maximum Gasteiger partial charge on any atom is 0.263 e. The number of aromatic nitrogens is 1. The molecule has 25 heavy (non-hydrogen) atoms. The summed E-state index contributed by atoms with van der Waals surface area (Å²) >= 11 is 0. The molecule has 1 aliphatic rings. The van der Waals surface area contributed by atoms with E-state index < -0.39 is 0 Å². The number of nitrogens with zero attached hydrogens (tertiary/aromatic N) is 1. The van der Waals surface area contributed by atoms with Crippen molar-refractivity contribution >= 4 is 38.7 Å². The molecule has 0 atom stereocenters. The van der Waals surface area contributed by atoms with E-state index in [-0.39, 0.29) is 5.91 Å². The molecule has 3 aromatic carbocycles. The van der Waals surface area contributed by atoms with Crippen LogP contribution in [0.1, 0.15) is 28.5 Å². The van der Waals surface area contributed by atoms with Crippen molar-refractivity contribution in [1.29, 1.82) is 0 Å². The Morgan fingerprint density at radius 1 is 0.760 bits per heavy atom. The van der Waals surface area contributed by atoms with Crippen LogP contribution in [0.5, 0.6) is 0 Å². The van der Waals surface area contributed by atoms with E-state index in [9.17, 15) is 4.79 Å². The number of fused-ring (bicyclic) bond motifs is 4. The molecule has 1 aliphatic heterocycles. The molecule has 0 aliphatic carbocycles. The van der Waals surface area contributed by atoms with Crippen LogP contribution in [0.2, 0.25) is 0 Å². The summed E-state index contributed by atoms with van der Waals surface area (Å²) in [6.45, 7) is 4.13. The molecule has 2 heteroatoms. The normalized spacial score (nSPS) is 13.9. The lowest BCUT2D eigenvalue weighted by atomic mass is 9.97. The Morgan fingerprint density at radius 2 is 1.56 bits per heavy atom. The molecule has 0 fully saturated rings. The Morgan fingerprint density at radius 3 is 2.40 bits per heavy atom. The van der Waals surface area contributed by atoms with Gasteiger partial charge in [-0.15, -0.1) is 0 Å². The number of hydrogen-bond donors (Lipinski definition) is 0. The van der Waals surface area contributed by atoms with Crippen molar-refractivity contribution in [2.45, 2.75) is 13.8 Å². The third-order valence-corrected chi connectivity index (χ3v) is 5.17. The second-order valence-corrected chi connectivity index (χ2v) is 6.79. The Bertz CT molecular complexity index is 1220. The first kappa shape index (κ1) is 14.2. The molecule has 0 saturated carbocycles. The molecule has 120 valence electrons. The van der Waals surface area contributed by atoms with E-state index in [0.717, 1.165) is 38.7 Å². The number of carbonyl (C=O) groups is 1. The van der Waals surface area contributed by atoms with E-state index in [1.54, 1.807) is 0 Å². The maximum absolute atomic E-state index is 13.2. The highest BCUT2D eigenvalue weighted by Crippen LogP contribution is 2.39. The molecule has 0 radical (unpaired) electrons. The van der Waals surface area contributed by atoms with Crippen molar-refractivity contribution in [3.05, 3.63) is 83.6 Å². The summed E-state index contributed by atoms with van der Waals surface area (Å²) in [4.78, 5) is 13.2. The van der Waals surface area contributed by atoms with Gasteiger partial charge in [0.15, 0.2) is 0 Å². The van der Waals surface area contributed by atoms with Crippen molar-refractivity contribution in [3.8, 4) is 0 Å². The number of carbonyl (C=O) groups excluding carboxylic acids is 1. The summed E-state index contributed by atoms with van der Waals surface area (Å²) in [5.74, 6) is 0.0710. The molecule has 2 nitrogen and oxygen atoms in total. The fraction of sp³-hybridized carbons (Fsp3) is 0.0870. The quantitative estimate of drug-likeness (QED) is 0.441. The number of allylic oxidation sites excluding steroid dienone is 2. The Kier molecular flexibility index (Phi) is 2.81. The SMILES string of the molecule is CC1=C(c2ccc3ccccc3c2)C(=O)n2c1cc1cc(C)ccc12. The number of benzene rings is 3. The van der Waals surface area contributed by atoms with Gasteiger partial charge in [-0.1, -0.05) is 48.0 Å². The van der Waals surface area contributed by atoms with E-state index in [2.05, 4.69) is 55.5 Å². The Balaban J connectivity index is 1.74. The lowest BCUT2D eigenvalue weighted by Crippen LogP contribution is -2.08. The van der Waals surface area contributed by atoms with Gasteiger partial charge in [-0.3, -0.25) is 9.36 Å². The molecule has 1 aromatic heterocycles. The van der Waals surface area contributed by atoms with E-state index in [4.69, 9.17) is 0 Å². The van der Waals surface area contributed by atoms with Crippen LogP contribution < -0.4 is 0 Å². The molecule has 0 unspecified atom stereocenters.